The summed E-state index contributed by atoms with van der Waals surface area (Å²) < 4.78 is 120. The molecule has 0 aliphatic heterocycles. The van der Waals surface area contributed by atoms with Gasteiger partial charge in [-0.05, 0) is 12.8 Å². The van der Waals surface area contributed by atoms with Gasteiger partial charge in [-0.2, -0.15) is 35.1 Å². The molecule has 2 N–H and O–H groups in total. The largest absolute Gasteiger partial charge is 0.453 e. The summed E-state index contributed by atoms with van der Waals surface area (Å²) in [5.41, 5.74) is 4.74. The van der Waals surface area contributed by atoms with E-state index in [1.165, 1.54) is 0 Å². The summed E-state index contributed by atoms with van der Waals surface area (Å²) >= 11 is 5.45. The van der Waals surface area contributed by atoms with Gasteiger partial charge in [-0.25, -0.2) is 8.42 Å². The molecule has 0 rings (SSSR count). The van der Waals surface area contributed by atoms with Crippen molar-refractivity contribution < 1.29 is 48.3 Å². The molecule has 0 bridgehead atoms. The van der Waals surface area contributed by atoms with Crippen LogP contribution in [0.4, 0.5) is 35.1 Å². The minimum Gasteiger partial charge on any atom is -0.367 e. The summed E-state index contributed by atoms with van der Waals surface area (Å²) in [5.74, 6) is -11.3. The van der Waals surface area contributed by atoms with Gasteiger partial charge in [0.15, 0.2) is 9.84 Å². The Morgan fingerprint density at radius 3 is 1.80 bits per heavy atom. The van der Waals surface area contributed by atoms with Crippen LogP contribution in [0, 0.1) is 5.92 Å². The van der Waals surface area contributed by atoms with Gasteiger partial charge in [0.05, 0.1) is 12.2 Å². The first kappa shape index (κ1) is 24.1. The van der Waals surface area contributed by atoms with Crippen molar-refractivity contribution in [3.63, 3.8) is 0 Å². The van der Waals surface area contributed by atoms with E-state index in [9.17, 15) is 48.3 Å². The average molecular weight is 428 g/mol. The fraction of sp³-hybridized carbons (Fsp3) is 0.909. The lowest BCUT2D eigenvalue weighted by Crippen LogP contribution is -2.49. The number of sulfone groups is 1. The van der Waals surface area contributed by atoms with Crippen molar-refractivity contribution in [2.45, 2.75) is 48.7 Å². The molecular weight excluding hydrogens is 414 g/mol. The van der Waals surface area contributed by atoms with Crippen molar-refractivity contribution >= 4 is 27.3 Å². The van der Waals surface area contributed by atoms with Crippen molar-refractivity contribution in [3.05, 3.63) is 0 Å². The lowest BCUT2D eigenvalue weighted by molar-refractivity contribution is -0.301. The van der Waals surface area contributed by atoms with E-state index in [0.29, 0.717) is 6.92 Å². The van der Waals surface area contributed by atoms with E-state index >= 15 is 0 Å². The van der Waals surface area contributed by atoms with Crippen LogP contribution in [-0.2, 0) is 14.6 Å². The van der Waals surface area contributed by atoms with E-state index in [0.717, 1.165) is 0 Å². The van der Waals surface area contributed by atoms with Gasteiger partial charge in [0.2, 0.25) is 4.21 Å². The first-order chi connectivity index (χ1) is 10.8. The fourth-order valence-electron chi connectivity index (χ4n) is 1.71. The van der Waals surface area contributed by atoms with Crippen LogP contribution in [0.15, 0.2) is 0 Å². The molecule has 2 atom stereocenters. The Labute approximate surface area is 142 Å². The fourth-order valence-corrected chi connectivity index (χ4v) is 3.61. The molecular formula is C11H14ClF8NO3S. The quantitative estimate of drug-likeness (QED) is 0.476. The van der Waals surface area contributed by atoms with Crippen LogP contribution in [0.2, 0.25) is 0 Å². The number of carbonyl (C=O) groups excluding carboxylic acids is 1. The van der Waals surface area contributed by atoms with Crippen LogP contribution in [-0.4, -0.2) is 42.6 Å². The molecule has 14 heteroatoms. The number of alkyl halides is 9. The highest BCUT2D eigenvalue weighted by Crippen LogP contribution is 2.44. The van der Waals surface area contributed by atoms with Crippen molar-refractivity contribution in [2.75, 3.05) is 5.75 Å². The molecule has 1 amide bonds. The Morgan fingerprint density at radius 2 is 1.48 bits per heavy atom. The van der Waals surface area contributed by atoms with Gasteiger partial charge in [-0.3, -0.25) is 4.79 Å². The molecule has 150 valence electrons. The molecule has 0 saturated heterocycles. The third-order valence-corrected chi connectivity index (χ3v) is 6.62. The van der Waals surface area contributed by atoms with Crippen LogP contribution in [0.25, 0.3) is 0 Å². The van der Waals surface area contributed by atoms with E-state index in [1.54, 1.807) is 0 Å². The SMILES string of the molecule is CC(CCC(Cl)(C(N)=O)S(=O)(=O)CCC(F)(F)F)C(F)(F)C(F)(F)F. The van der Waals surface area contributed by atoms with Gasteiger partial charge in [0, 0.05) is 5.92 Å². The van der Waals surface area contributed by atoms with Crippen molar-refractivity contribution in [1.82, 2.24) is 0 Å². The molecule has 0 aliphatic rings. The number of halogens is 9. The van der Waals surface area contributed by atoms with E-state index in [2.05, 4.69) is 0 Å². The van der Waals surface area contributed by atoms with E-state index in [1.807, 2.05) is 0 Å². The van der Waals surface area contributed by atoms with Gasteiger partial charge in [0.25, 0.3) is 5.91 Å². The number of rotatable bonds is 8. The highest BCUT2D eigenvalue weighted by molar-refractivity contribution is 7.95. The van der Waals surface area contributed by atoms with Crippen LogP contribution in [0.1, 0.15) is 26.2 Å². The normalized spacial score (nSPS) is 17.8. The third kappa shape index (κ3) is 5.83. The lowest BCUT2D eigenvalue weighted by Gasteiger charge is -2.29. The maximum absolute atomic E-state index is 13.1. The minimum absolute atomic E-state index is 0.425. The molecule has 0 fully saturated rings. The van der Waals surface area contributed by atoms with Crippen LogP contribution in [0.5, 0.6) is 0 Å². The summed E-state index contributed by atoms with van der Waals surface area (Å²) in [6.45, 7) is 0.425. The van der Waals surface area contributed by atoms with Gasteiger partial charge < -0.3 is 5.73 Å². The van der Waals surface area contributed by atoms with Crippen molar-refractivity contribution in [1.29, 1.82) is 0 Å². The number of carbonyl (C=O) groups is 1. The molecule has 0 radical (unpaired) electrons. The monoisotopic (exact) mass is 427 g/mol. The van der Waals surface area contributed by atoms with Gasteiger partial charge in [-0.15, -0.1) is 0 Å². The molecule has 0 saturated carbocycles. The van der Waals surface area contributed by atoms with Crippen LogP contribution in [0.3, 0.4) is 0 Å². The predicted octanol–water partition coefficient (Wildman–Crippen LogP) is 3.39. The van der Waals surface area contributed by atoms with Crippen LogP contribution >= 0.6 is 11.6 Å². The number of amides is 1. The summed E-state index contributed by atoms with van der Waals surface area (Å²) in [5, 5.41) is 0. The summed E-state index contributed by atoms with van der Waals surface area (Å²) in [4.78, 5) is 11.3. The topological polar surface area (TPSA) is 77.2 Å². The highest BCUT2D eigenvalue weighted by Gasteiger charge is 2.61. The Balaban J connectivity index is 5.40. The van der Waals surface area contributed by atoms with Gasteiger partial charge >= 0.3 is 18.3 Å². The number of hydrogen-bond donors (Lipinski definition) is 1. The maximum atomic E-state index is 13.1. The minimum atomic E-state index is -5.94. The summed E-state index contributed by atoms with van der Waals surface area (Å²) in [6.07, 6.45) is -15.3. The standard InChI is InChI=1S/C11H14ClF8NO3S/c1-6(10(16,17)11(18,19)20)2-3-8(12,7(21)22)25(23,24)5-4-9(13,14)15/h6H,2-5H2,1H3,(H2,21,22). The zero-order valence-corrected chi connectivity index (χ0v) is 14.1. The first-order valence-corrected chi connectivity index (χ1v) is 8.53. The molecule has 2 unspecified atom stereocenters. The molecule has 25 heavy (non-hydrogen) atoms. The number of nitrogens with two attached hydrogens (primary N) is 1. The number of primary amides is 1. The Hall–Kier alpha value is -0.850. The molecule has 0 aromatic carbocycles. The molecule has 0 aromatic heterocycles. The second-order valence-corrected chi connectivity index (χ2v) is 8.54. The maximum Gasteiger partial charge on any atom is 0.453 e. The summed E-state index contributed by atoms with van der Waals surface area (Å²) in [6, 6.07) is 0. The molecule has 0 spiro atoms. The Kier molecular flexibility index (Phi) is 7.16. The molecule has 0 aromatic rings. The Morgan fingerprint density at radius 1 is 1.04 bits per heavy atom. The lowest BCUT2D eigenvalue weighted by atomic mass is 9.96. The Bertz CT molecular complexity index is 589. The first-order valence-electron chi connectivity index (χ1n) is 6.50. The highest BCUT2D eigenvalue weighted by atomic mass is 35.5. The van der Waals surface area contributed by atoms with Gasteiger partial charge in [-0.1, -0.05) is 18.5 Å². The van der Waals surface area contributed by atoms with Gasteiger partial charge in [0.1, 0.15) is 0 Å². The average Bonchev–Trinajstić information content (AvgIpc) is 2.39. The van der Waals surface area contributed by atoms with Crippen molar-refractivity contribution in [3.8, 4) is 0 Å². The molecule has 0 heterocycles. The second kappa shape index (κ2) is 7.41. The van der Waals surface area contributed by atoms with Crippen LogP contribution < -0.4 is 5.73 Å². The summed E-state index contributed by atoms with van der Waals surface area (Å²) in [7, 11) is -5.09. The third-order valence-electron chi connectivity index (χ3n) is 3.41. The smallest absolute Gasteiger partial charge is 0.367 e. The van der Waals surface area contributed by atoms with E-state index in [-0.39, 0.29) is 0 Å². The predicted molar refractivity (Wildman–Crippen MR) is 71.6 cm³/mol. The zero-order valence-electron chi connectivity index (χ0n) is 12.5. The molecule has 0 aliphatic carbocycles. The second-order valence-electron chi connectivity index (χ2n) is 5.34. The molecule has 4 nitrogen and oxygen atoms in total. The zero-order chi connectivity index (χ0) is 20.5. The van der Waals surface area contributed by atoms with Crippen molar-refractivity contribution in [2.24, 2.45) is 11.7 Å². The van der Waals surface area contributed by atoms with E-state index in [4.69, 9.17) is 17.3 Å². The van der Waals surface area contributed by atoms with E-state index < -0.39 is 69.2 Å². The number of hydrogen-bond acceptors (Lipinski definition) is 3.